The van der Waals surface area contributed by atoms with Crippen molar-refractivity contribution in [2.75, 3.05) is 31.8 Å². The molecule has 0 saturated carbocycles. The van der Waals surface area contributed by atoms with Crippen LogP contribution in [-0.4, -0.2) is 57.0 Å². The van der Waals surface area contributed by atoms with Gasteiger partial charge in [-0.05, 0) is 12.8 Å². The largest absolute Gasteiger partial charge is 0.383 e. The van der Waals surface area contributed by atoms with E-state index < -0.39 is 9.84 Å². The second kappa shape index (κ2) is 7.24. The Morgan fingerprint density at radius 1 is 1.47 bits per heavy atom. The summed E-state index contributed by atoms with van der Waals surface area (Å²) < 4.78 is 28.2. The van der Waals surface area contributed by atoms with Crippen LogP contribution >= 0.6 is 0 Å². The second-order valence-electron chi connectivity index (χ2n) is 5.27. The third-order valence-corrected chi connectivity index (χ3v) is 5.36. The maximum Gasteiger partial charge on any atom is 0.225 e. The van der Waals surface area contributed by atoms with Crippen LogP contribution in [0.2, 0.25) is 0 Å². The van der Waals surface area contributed by atoms with Gasteiger partial charge < -0.3 is 9.64 Å². The van der Waals surface area contributed by atoms with E-state index in [-0.39, 0.29) is 29.4 Å². The van der Waals surface area contributed by atoms with Crippen molar-refractivity contribution in [3.63, 3.8) is 0 Å². The lowest BCUT2D eigenvalue weighted by Crippen LogP contribution is -2.45. The summed E-state index contributed by atoms with van der Waals surface area (Å²) >= 11 is 0. The van der Waals surface area contributed by atoms with E-state index in [0.717, 1.165) is 12.8 Å². The first-order valence-electron chi connectivity index (χ1n) is 6.91. The maximum absolute atomic E-state index is 12.4. The van der Waals surface area contributed by atoms with Crippen LogP contribution in [0.4, 0.5) is 0 Å². The summed E-state index contributed by atoms with van der Waals surface area (Å²) in [6.07, 6.45) is 2.34. The second-order valence-corrected chi connectivity index (χ2v) is 7.50. The van der Waals surface area contributed by atoms with Crippen molar-refractivity contribution in [1.82, 2.24) is 4.90 Å². The molecule has 2 unspecified atom stereocenters. The highest BCUT2D eigenvalue weighted by Crippen LogP contribution is 2.21. The van der Waals surface area contributed by atoms with Gasteiger partial charge in [-0.2, -0.15) is 0 Å². The van der Waals surface area contributed by atoms with Crippen molar-refractivity contribution in [2.45, 2.75) is 39.2 Å². The molecule has 6 heteroatoms. The highest BCUT2D eigenvalue weighted by atomic mass is 32.2. The summed E-state index contributed by atoms with van der Waals surface area (Å²) in [5, 5.41) is 0. The van der Waals surface area contributed by atoms with Gasteiger partial charge in [0.2, 0.25) is 5.91 Å². The molecule has 0 bridgehead atoms. The molecule has 5 nitrogen and oxygen atoms in total. The number of rotatable bonds is 7. The molecule has 0 radical (unpaired) electrons. The summed E-state index contributed by atoms with van der Waals surface area (Å²) in [5.41, 5.74) is 0. The minimum atomic E-state index is -2.97. The van der Waals surface area contributed by atoms with Gasteiger partial charge in [-0.25, -0.2) is 8.42 Å². The molecule has 19 heavy (non-hydrogen) atoms. The summed E-state index contributed by atoms with van der Waals surface area (Å²) in [6.45, 7) is 4.88. The van der Waals surface area contributed by atoms with E-state index in [1.165, 1.54) is 0 Å². The van der Waals surface area contributed by atoms with Crippen molar-refractivity contribution in [3.8, 4) is 0 Å². The molecule has 0 aromatic carbocycles. The summed E-state index contributed by atoms with van der Waals surface area (Å²) in [4.78, 5) is 14.1. The molecule has 112 valence electrons. The molecule has 2 atom stereocenters. The molecule has 0 aromatic heterocycles. The number of carbonyl (C=O) groups is 1. The Labute approximate surface area is 116 Å². The predicted molar refractivity (Wildman–Crippen MR) is 74.7 cm³/mol. The van der Waals surface area contributed by atoms with Gasteiger partial charge in [0.25, 0.3) is 0 Å². The van der Waals surface area contributed by atoms with Crippen molar-refractivity contribution in [3.05, 3.63) is 0 Å². The van der Waals surface area contributed by atoms with E-state index in [0.29, 0.717) is 19.6 Å². The van der Waals surface area contributed by atoms with Gasteiger partial charge in [0.1, 0.15) is 0 Å². The number of nitrogens with zero attached hydrogens (tertiary/aromatic N) is 1. The molecule has 1 heterocycles. The molecule has 0 aromatic rings. The number of carbonyl (C=O) groups excluding carboxylic acids is 1. The zero-order valence-corrected chi connectivity index (χ0v) is 12.9. The molecule has 1 fully saturated rings. The zero-order chi connectivity index (χ0) is 14.5. The molecule has 1 saturated heterocycles. The topological polar surface area (TPSA) is 63.7 Å². The SMILES string of the molecule is CCCC(C)C(=O)N(CCOC)C1CCS(=O)(=O)C1. The molecular weight excluding hydrogens is 266 g/mol. The van der Waals surface area contributed by atoms with Crippen LogP contribution in [0, 0.1) is 5.92 Å². The van der Waals surface area contributed by atoms with Gasteiger partial charge in [0, 0.05) is 25.6 Å². The van der Waals surface area contributed by atoms with Gasteiger partial charge >= 0.3 is 0 Å². The average Bonchev–Trinajstić information content (AvgIpc) is 2.70. The lowest BCUT2D eigenvalue weighted by Gasteiger charge is -2.30. The van der Waals surface area contributed by atoms with Gasteiger partial charge in [-0.3, -0.25) is 4.79 Å². The smallest absolute Gasteiger partial charge is 0.225 e. The van der Waals surface area contributed by atoms with Gasteiger partial charge in [0.05, 0.1) is 18.1 Å². The van der Waals surface area contributed by atoms with Gasteiger partial charge in [0.15, 0.2) is 9.84 Å². The summed E-state index contributed by atoms with van der Waals surface area (Å²) in [6, 6.07) is -0.174. The van der Waals surface area contributed by atoms with E-state index in [4.69, 9.17) is 4.74 Å². The first kappa shape index (κ1) is 16.4. The maximum atomic E-state index is 12.4. The van der Waals surface area contributed by atoms with Crippen molar-refractivity contribution < 1.29 is 17.9 Å². The molecular formula is C13H25NO4S. The fourth-order valence-corrected chi connectivity index (χ4v) is 4.25. The van der Waals surface area contributed by atoms with E-state index in [1.807, 2.05) is 13.8 Å². The molecule has 1 aliphatic rings. The lowest BCUT2D eigenvalue weighted by molar-refractivity contribution is -0.137. The Kier molecular flexibility index (Phi) is 6.26. The number of methoxy groups -OCH3 is 1. The minimum absolute atomic E-state index is 0.0508. The monoisotopic (exact) mass is 291 g/mol. The summed E-state index contributed by atoms with van der Waals surface area (Å²) in [5.74, 6) is 0.295. The Balaban J connectivity index is 2.74. The highest BCUT2D eigenvalue weighted by molar-refractivity contribution is 7.91. The van der Waals surface area contributed by atoms with Crippen LogP contribution in [0.25, 0.3) is 0 Å². The van der Waals surface area contributed by atoms with E-state index in [1.54, 1.807) is 12.0 Å². The van der Waals surface area contributed by atoms with Crippen LogP contribution in [-0.2, 0) is 19.4 Å². The van der Waals surface area contributed by atoms with Crippen LogP contribution in [0.3, 0.4) is 0 Å². The quantitative estimate of drug-likeness (QED) is 0.704. The lowest BCUT2D eigenvalue weighted by atomic mass is 10.0. The van der Waals surface area contributed by atoms with Crippen molar-refractivity contribution in [2.24, 2.45) is 5.92 Å². The molecule has 0 aliphatic carbocycles. The van der Waals surface area contributed by atoms with E-state index >= 15 is 0 Å². The first-order valence-corrected chi connectivity index (χ1v) is 8.73. The van der Waals surface area contributed by atoms with Crippen molar-refractivity contribution in [1.29, 1.82) is 0 Å². The Morgan fingerprint density at radius 2 is 2.16 bits per heavy atom. The fraction of sp³-hybridized carbons (Fsp3) is 0.923. The Hall–Kier alpha value is -0.620. The normalized spacial score (nSPS) is 23.2. The molecule has 0 N–H and O–H groups in total. The summed E-state index contributed by atoms with van der Waals surface area (Å²) in [7, 11) is -1.38. The van der Waals surface area contributed by atoms with Crippen LogP contribution in [0.15, 0.2) is 0 Å². The first-order chi connectivity index (χ1) is 8.91. The number of amides is 1. The van der Waals surface area contributed by atoms with Gasteiger partial charge in [-0.15, -0.1) is 0 Å². The highest BCUT2D eigenvalue weighted by Gasteiger charge is 2.35. The molecule has 0 spiro atoms. The van der Waals surface area contributed by atoms with Crippen LogP contribution in [0.1, 0.15) is 33.1 Å². The Bertz CT molecular complexity index is 393. The molecule has 1 aliphatic heterocycles. The number of ether oxygens (including phenoxy) is 1. The average molecular weight is 291 g/mol. The zero-order valence-electron chi connectivity index (χ0n) is 12.1. The predicted octanol–water partition coefficient (Wildman–Crippen LogP) is 1.08. The van der Waals surface area contributed by atoms with Crippen LogP contribution < -0.4 is 0 Å². The number of hydrogen-bond donors (Lipinski definition) is 0. The van der Waals surface area contributed by atoms with Crippen molar-refractivity contribution >= 4 is 15.7 Å². The third kappa shape index (κ3) is 4.76. The molecule has 1 rings (SSSR count). The van der Waals surface area contributed by atoms with Crippen LogP contribution in [0.5, 0.6) is 0 Å². The minimum Gasteiger partial charge on any atom is -0.383 e. The fourth-order valence-electron chi connectivity index (χ4n) is 2.52. The van der Waals surface area contributed by atoms with E-state index in [9.17, 15) is 13.2 Å². The number of sulfone groups is 1. The third-order valence-electron chi connectivity index (χ3n) is 3.61. The van der Waals surface area contributed by atoms with E-state index in [2.05, 4.69) is 0 Å². The number of hydrogen-bond acceptors (Lipinski definition) is 4. The van der Waals surface area contributed by atoms with Gasteiger partial charge in [-0.1, -0.05) is 20.3 Å². The standard InChI is InChI=1S/C13H25NO4S/c1-4-5-11(2)13(15)14(7-8-18-3)12-6-9-19(16,17)10-12/h11-12H,4-10H2,1-3H3. The Morgan fingerprint density at radius 3 is 2.63 bits per heavy atom. The molecule has 1 amide bonds.